The number of hydrogen-bond acceptors (Lipinski definition) is 4. The quantitative estimate of drug-likeness (QED) is 0.819. The van der Waals surface area contributed by atoms with Crippen molar-refractivity contribution >= 4 is 12.0 Å². The number of fused-ring (bicyclic) bond motifs is 1. The van der Waals surface area contributed by atoms with Gasteiger partial charge >= 0.3 is 0 Å². The van der Waals surface area contributed by atoms with Crippen molar-refractivity contribution in [3.05, 3.63) is 23.8 Å². The standard InChI is InChI=1S/C15H20N2O2/c1-16-12-5-2-10(3-6-12)11-4-7-13-14(8-11)19-15(9-18)17-13/h4,7-10,12,15-17H,2-3,5-6H2,1H3. The minimum Gasteiger partial charge on any atom is -0.461 e. The van der Waals surface area contributed by atoms with E-state index in [1.807, 2.05) is 13.1 Å². The summed E-state index contributed by atoms with van der Waals surface area (Å²) in [4.78, 5) is 10.7. The van der Waals surface area contributed by atoms with Gasteiger partial charge in [-0.05, 0) is 56.3 Å². The molecule has 0 radical (unpaired) electrons. The van der Waals surface area contributed by atoms with Crippen molar-refractivity contribution in [2.75, 3.05) is 12.4 Å². The van der Waals surface area contributed by atoms with Gasteiger partial charge in [0.15, 0.2) is 6.29 Å². The number of anilines is 1. The molecule has 1 saturated carbocycles. The Morgan fingerprint density at radius 3 is 2.79 bits per heavy atom. The van der Waals surface area contributed by atoms with Gasteiger partial charge in [-0.3, -0.25) is 4.79 Å². The Bertz CT molecular complexity index is 467. The lowest BCUT2D eigenvalue weighted by molar-refractivity contribution is -0.112. The Hall–Kier alpha value is -1.55. The van der Waals surface area contributed by atoms with Crippen LogP contribution in [-0.4, -0.2) is 25.6 Å². The van der Waals surface area contributed by atoms with Gasteiger partial charge < -0.3 is 15.4 Å². The molecule has 1 fully saturated rings. The summed E-state index contributed by atoms with van der Waals surface area (Å²) >= 11 is 0. The smallest absolute Gasteiger partial charge is 0.226 e. The molecular weight excluding hydrogens is 240 g/mol. The summed E-state index contributed by atoms with van der Waals surface area (Å²) in [5.41, 5.74) is 2.26. The predicted octanol–water partition coefficient (Wildman–Crippen LogP) is 2.26. The topological polar surface area (TPSA) is 50.4 Å². The first-order chi connectivity index (χ1) is 9.30. The minimum absolute atomic E-state index is 0.523. The van der Waals surface area contributed by atoms with E-state index >= 15 is 0 Å². The zero-order valence-electron chi connectivity index (χ0n) is 11.2. The number of carbonyl (C=O) groups excluding carboxylic acids is 1. The molecule has 1 aromatic carbocycles. The van der Waals surface area contributed by atoms with E-state index in [9.17, 15) is 4.79 Å². The van der Waals surface area contributed by atoms with Crippen LogP contribution >= 0.6 is 0 Å². The second-order valence-corrected chi connectivity index (χ2v) is 5.41. The molecule has 1 aromatic rings. The molecule has 0 aromatic heterocycles. The normalized spacial score (nSPS) is 29.2. The zero-order chi connectivity index (χ0) is 13.2. The lowest BCUT2D eigenvalue weighted by Gasteiger charge is -2.28. The highest BCUT2D eigenvalue weighted by molar-refractivity contribution is 5.71. The first kappa shape index (κ1) is 12.5. The van der Waals surface area contributed by atoms with Crippen LogP contribution in [-0.2, 0) is 4.79 Å². The Labute approximate surface area is 113 Å². The number of hydrogen-bond donors (Lipinski definition) is 2. The molecule has 3 rings (SSSR count). The number of ether oxygens (including phenoxy) is 1. The van der Waals surface area contributed by atoms with Crippen LogP contribution in [0.4, 0.5) is 5.69 Å². The third-order valence-corrected chi connectivity index (χ3v) is 4.29. The number of rotatable bonds is 3. The minimum atomic E-state index is -0.523. The summed E-state index contributed by atoms with van der Waals surface area (Å²) in [6.45, 7) is 0. The van der Waals surface area contributed by atoms with Gasteiger partial charge in [0.1, 0.15) is 5.75 Å². The van der Waals surface area contributed by atoms with Gasteiger partial charge in [0.25, 0.3) is 0 Å². The monoisotopic (exact) mass is 260 g/mol. The molecule has 0 spiro atoms. The lowest BCUT2D eigenvalue weighted by Crippen LogP contribution is -2.29. The molecule has 0 bridgehead atoms. The molecular formula is C15H20N2O2. The average molecular weight is 260 g/mol. The summed E-state index contributed by atoms with van der Waals surface area (Å²) in [6, 6.07) is 6.95. The number of aldehydes is 1. The van der Waals surface area contributed by atoms with Gasteiger partial charge in [0, 0.05) is 6.04 Å². The summed E-state index contributed by atoms with van der Waals surface area (Å²) in [5, 5.41) is 6.39. The molecule has 2 aliphatic rings. The first-order valence-electron chi connectivity index (χ1n) is 7.00. The fraction of sp³-hybridized carbons (Fsp3) is 0.533. The second-order valence-electron chi connectivity index (χ2n) is 5.41. The third kappa shape index (κ3) is 2.45. The van der Waals surface area contributed by atoms with Crippen molar-refractivity contribution in [3.63, 3.8) is 0 Å². The van der Waals surface area contributed by atoms with E-state index < -0.39 is 6.23 Å². The SMILES string of the molecule is CNC1CCC(c2ccc3c(c2)OC(C=O)N3)CC1. The Balaban J connectivity index is 1.72. The van der Waals surface area contributed by atoms with Gasteiger partial charge in [-0.15, -0.1) is 0 Å². The molecule has 1 aliphatic carbocycles. The van der Waals surface area contributed by atoms with Crippen LogP contribution in [0.25, 0.3) is 0 Å². The van der Waals surface area contributed by atoms with E-state index in [1.54, 1.807) is 0 Å². The van der Waals surface area contributed by atoms with E-state index in [0.717, 1.165) is 17.7 Å². The summed E-state index contributed by atoms with van der Waals surface area (Å²) in [5.74, 6) is 1.43. The van der Waals surface area contributed by atoms with Crippen molar-refractivity contribution in [1.29, 1.82) is 0 Å². The van der Waals surface area contributed by atoms with Crippen molar-refractivity contribution in [2.45, 2.75) is 43.9 Å². The molecule has 4 nitrogen and oxygen atoms in total. The Morgan fingerprint density at radius 2 is 2.11 bits per heavy atom. The molecule has 102 valence electrons. The molecule has 2 N–H and O–H groups in total. The highest BCUT2D eigenvalue weighted by atomic mass is 16.5. The van der Waals surface area contributed by atoms with Gasteiger partial charge in [-0.25, -0.2) is 0 Å². The Morgan fingerprint density at radius 1 is 1.32 bits per heavy atom. The third-order valence-electron chi connectivity index (χ3n) is 4.29. The maximum Gasteiger partial charge on any atom is 0.226 e. The molecule has 4 heteroatoms. The molecule has 0 saturated heterocycles. The van der Waals surface area contributed by atoms with Crippen LogP contribution in [0, 0.1) is 0 Å². The molecule has 19 heavy (non-hydrogen) atoms. The summed E-state index contributed by atoms with van der Waals surface area (Å²) < 4.78 is 5.54. The van der Waals surface area contributed by atoms with Crippen LogP contribution in [0.15, 0.2) is 18.2 Å². The maximum absolute atomic E-state index is 10.7. The number of carbonyl (C=O) groups is 1. The Kier molecular flexibility index (Phi) is 3.42. The van der Waals surface area contributed by atoms with Crippen LogP contribution in [0.5, 0.6) is 5.75 Å². The maximum atomic E-state index is 10.7. The van der Waals surface area contributed by atoms with Crippen molar-refractivity contribution in [2.24, 2.45) is 0 Å². The highest BCUT2D eigenvalue weighted by Gasteiger charge is 2.25. The predicted molar refractivity (Wildman–Crippen MR) is 74.6 cm³/mol. The van der Waals surface area contributed by atoms with Crippen LogP contribution < -0.4 is 15.4 Å². The molecule has 1 unspecified atom stereocenters. The first-order valence-corrected chi connectivity index (χ1v) is 7.00. The van der Waals surface area contributed by atoms with E-state index in [0.29, 0.717) is 12.0 Å². The van der Waals surface area contributed by atoms with E-state index in [2.05, 4.69) is 22.8 Å². The molecule has 1 heterocycles. The largest absolute Gasteiger partial charge is 0.461 e. The van der Waals surface area contributed by atoms with Crippen LogP contribution in [0.3, 0.4) is 0 Å². The van der Waals surface area contributed by atoms with Crippen molar-refractivity contribution < 1.29 is 9.53 Å². The van der Waals surface area contributed by atoms with Gasteiger partial charge in [-0.2, -0.15) is 0 Å². The van der Waals surface area contributed by atoms with Gasteiger partial charge in [-0.1, -0.05) is 6.07 Å². The van der Waals surface area contributed by atoms with Gasteiger partial charge in [0.2, 0.25) is 6.23 Å². The van der Waals surface area contributed by atoms with Crippen LogP contribution in [0.2, 0.25) is 0 Å². The number of nitrogens with one attached hydrogen (secondary N) is 2. The van der Waals surface area contributed by atoms with Crippen molar-refractivity contribution in [1.82, 2.24) is 5.32 Å². The lowest BCUT2D eigenvalue weighted by atomic mass is 9.81. The molecule has 1 atom stereocenters. The van der Waals surface area contributed by atoms with Crippen molar-refractivity contribution in [3.8, 4) is 5.75 Å². The van der Waals surface area contributed by atoms with E-state index in [4.69, 9.17) is 4.74 Å². The van der Waals surface area contributed by atoms with Crippen LogP contribution in [0.1, 0.15) is 37.2 Å². The average Bonchev–Trinajstić information content (AvgIpc) is 2.89. The molecule has 0 amide bonds. The number of benzene rings is 1. The van der Waals surface area contributed by atoms with Gasteiger partial charge in [0.05, 0.1) is 5.69 Å². The zero-order valence-corrected chi connectivity index (χ0v) is 11.2. The molecule has 1 aliphatic heterocycles. The fourth-order valence-electron chi connectivity index (χ4n) is 3.11. The van der Waals surface area contributed by atoms with E-state index in [-0.39, 0.29) is 0 Å². The summed E-state index contributed by atoms with van der Waals surface area (Å²) in [7, 11) is 2.04. The van der Waals surface area contributed by atoms with E-state index in [1.165, 1.54) is 31.2 Å². The fourth-order valence-corrected chi connectivity index (χ4v) is 3.11. The highest BCUT2D eigenvalue weighted by Crippen LogP contribution is 2.38. The second kappa shape index (κ2) is 5.21. The summed E-state index contributed by atoms with van der Waals surface area (Å²) in [6.07, 6.45) is 5.16.